The fourth-order valence-electron chi connectivity index (χ4n) is 4.91. The molecule has 0 amide bonds. The molecule has 0 atom stereocenters. The molecule has 0 saturated heterocycles. The normalized spacial score (nSPS) is 11.5. The lowest BCUT2D eigenvalue weighted by Crippen LogP contribution is -2.42. The minimum atomic E-state index is -1.19. The van der Waals surface area contributed by atoms with Crippen molar-refractivity contribution < 1.29 is 33.7 Å². The van der Waals surface area contributed by atoms with E-state index in [1.54, 1.807) is 35.3 Å². The second-order valence-corrected chi connectivity index (χ2v) is 16.7. The number of thioether (sulfide) groups is 3. The van der Waals surface area contributed by atoms with E-state index in [-0.39, 0.29) is 57.0 Å². The Balaban J connectivity index is 4.65. The maximum absolute atomic E-state index is 12.6. The SMILES string of the molecule is CCCCCCCCSCCC(=O)OCC(CO)(COC(=O)CCSCCCCCCCC)COC(=O)CCSCCCCCCCC. The lowest BCUT2D eigenvalue weighted by atomic mass is 9.92. The van der Waals surface area contributed by atoms with E-state index in [2.05, 4.69) is 20.8 Å². The molecule has 0 aromatic carbocycles. The fraction of sp³-hybridized carbons (Fsp3) is 0.921. The van der Waals surface area contributed by atoms with Crippen LogP contribution in [0.15, 0.2) is 0 Å². The van der Waals surface area contributed by atoms with Crippen molar-refractivity contribution in [2.24, 2.45) is 5.41 Å². The van der Waals surface area contributed by atoms with Gasteiger partial charge in [-0.15, -0.1) is 0 Å². The molecule has 0 spiro atoms. The van der Waals surface area contributed by atoms with Gasteiger partial charge in [-0.25, -0.2) is 0 Å². The summed E-state index contributed by atoms with van der Waals surface area (Å²) in [5.41, 5.74) is -1.19. The Bertz CT molecular complexity index is 661. The monoisotopic (exact) mass is 736 g/mol. The summed E-state index contributed by atoms with van der Waals surface area (Å²) in [6.45, 7) is 5.69. The second-order valence-electron chi connectivity index (χ2n) is 13.0. The number of aliphatic hydroxyl groups excluding tert-OH is 1. The third-order valence-corrected chi connectivity index (χ3v) is 11.4. The molecule has 0 aromatic rings. The number of ether oxygens (including phenoxy) is 3. The molecule has 0 aromatic heterocycles. The maximum Gasteiger partial charge on any atom is 0.306 e. The number of carbonyl (C=O) groups is 3. The molecule has 0 fully saturated rings. The lowest BCUT2D eigenvalue weighted by Gasteiger charge is -2.30. The molecule has 0 aliphatic heterocycles. The van der Waals surface area contributed by atoms with E-state index in [4.69, 9.17) is 14.2 Å². The van der Waals surface area contributed by atoms with Crippen molar-refractivity contribution in [3.05, 3.63) is 0 Å². The number of hydrogen-bond acceptors (Lipinski definition) is 10. The zero-order chi connectivity index (χ0) is 35.4. The third kappa shape index (κ3) is 31.4. The van der Waals surface area contributed by atoms with Crippen LogP contribution in [0.25, 0.3) is 0 Å². The average molecular weight is 737 g/mol. The van der Waals surface area contributed by atoms with Gasteiger partial charge >= 0.3 is 17.9 Å². The number of unbranched alkanes of at least 4 members (excludes halogenated alkanes) is 15. The molecular weight excluding hydrogens is 665 g/mol. The summed E-state index contributed by atoms with van der Waals surface area (Å²) in [4.78, 5) is 37.7. The molecule has 10 heteroatoms. The second kappa shape index (κ2) is 36.2. The minimum Gasteiger partial charge on any atom is -0.465 e. The predicted octanol–water partition coefficient (Wildman–Crippen LogP) is 10.0. The van der Waals surface area contributed by atoms with Gasteiger partial charge in [-0.1, -0.05) is 117 Å². The summed E-state index contributed by atoms with van der Waals surface area (Å²) in [5, 5.41) is 10.4. The van der Waals surface area contributed by atoms with Crippen molar-refractivity contribution in [1.29, 1.82) is 0 Å². The van der Waals surface area contributed by atoms with Gasteiger partial charge in [0.05, 0.1) is 31.3 Å². The Morgan fingerprint density at radius 2 is 0.708 bits per heavy atom. The minimum absolute atomic E-state index is 0.176. The van der Waals surface area contributed by atoms with Gasteiger partial charge in [0.2, 0.25) is 0 Å². The molecule has 284 valence electrons. The molecule has 0 saturated carbocycles. The summed E-state index contributed by atoms with van der Waals surface area (Å²) < 4.78 is 16.7. The Hall–Kier alpha value is -0.580. The third-order valence-electron chi connectivity index (χ3n) is 8.23. The van der Waals surface area contributed by atoms with Crippen LogP contribution in [0.5, 0.6) is 0 Å². The van der Waals surface area contributed by atoms with E-state index in [1.165, 1.54) is 96.3 Å². The quantitative estimate of drug-likeness (QED) is 0.0377. The number of esters is 3. The van der Waals surface area contributed by atoms with Crippen LogP contribution in [0.3, 0.4) is 0 Å². The van der Waals surface area contributed by atoms with E-state index in [0.717, 1.165) is 36.5 Å². The number of rotatable bonds is 37. The van der Waals surface area contributed by atoms with Gasteiger partial charge in [-0.05, 0) is 36.5 Å². The molecule has 0 unspecified atom stereocenters. The lowest BCUT2D eigenvalue weighted by molar-refractivity contribution is -0.164. The number of hydrogen-bond donors (Lipinski definition) is 1. The number of aliphatic hydroxyl groups is 1. The molecule has 0 rings (SSSR count). The van der Waals surface area contributed by atoms with Crippen molar-refractivity contribution in [3.8, 4) is 0 Å². The van der Waals surface area contributed by atoms with Crippen molar-refractivity contribution in [2.75, 3.05) is 60.9 Å². The Labute approximate surface area is 307 Å². The Kier molecular flexibility index (Phi) is 35.8. The first kappa shape index (κ1) is 47.4. The molecule has 0 aliphatic rings. The molecule has 0 radical (unpaired) electrons. The van der Waals surface area contributed by atoms with Crippen molar-refractivity contribution in [3.63, 3.8) is 0 Å². The van der Waals surface area contributed by atoms with Crippen LogP contribution in [0.1, 0.15) is 156 Å². The van der Waals surface area contributed by atoms with Crippen LogP contribution in [-0.2, 0) is 28.6 Å². The average Bonchev–Trinajstić information content (AvgIpc) is 3.09. The standard InChI is InChI=1S/C38H72O7S3/c1-4-7-10-13-16-19-25-46-28-22-35(40)43-32-38(31-39,33-44-36(41)23-29-47-26-20-17-14-11-8-5-2)34-45-37(42)24-30-48-27-21-18-15-12-9-6-3/h39H,4-34H2,1-3H3. The summed E-state index contributed by atoms with van der Waals surface area (Å²) >= 11 is 5.26. The van der Waals surface area contributed by atoms with Crippen molar-refractivity contribution in [2.45, 2.75) is 156 Å². The van der Waals surface area contributed by atoms with Gasteiger partial charge in [0.15, 0.2) is 0 Å². The zero-order valence-electron chi connectivity index (χ0n) is 31.0. The molecule has 0 bridgehead atoms. The van der Waals surface area contributed by atoms with Gasteiger partial charge in [0, 0.05) is 17.3 Å². The molecule has 0 aliphatic carbocycles. The van der Waals surface area contributed by atoms with E-state index in [1.807, 2.05) is 0 Å². The summed E-state index contributed by atoms with van der Waals surface area (Å²) in [5.74, 6) is 4.03. The van der Waals surface area contributed by atoms with Gasteiger partial charge in [-0.2, -0.15) is 35.3 Å². The highest BCUT2D eigenvalue weighted by atomic mass is 32.2. The van der Waals surface area contributed by atoms with E-state index < -0.39 is 12.0 Å². The first-order valence-electron chi connectivity index (χ1n) is 19.2. The largest absolute Gasteiger partial charge is 0.465 e. The molecule has 7 nitrogen and oxygen atoms in total. The summed E-state index contributed by atoms with van der Waals surface area (Å²) in [6, 6.07) is 0. The van der Waals surface area contributed by atoms with Crippen LogP contribution < -0.4 is 0 Å². The smallest absolute Gasteiger partial charge is 0.306 e. The van der Waals surface area contributed by atoms with Crippen LogP contribution in [0, 0.1) is 5.41 Å². The predicted molar refractivity (Wildman–Crippen MR) is 208 cm³/mol. The van der Waals surface area contributed by atoms with Crippen molar-refractivity contribution in [1.82, 2.24) is 0 Å². The van der Waals surface area contributed by atoms with Gasteiger partial charge in [-0.3, -0.25) is 14.4 Å². The summed E-state index contributed by atoms with van der Waals surface area (Å²) in [6.07, 6.45) is 23.3. The van der Waals surface area contributed by atoms with Gasteiger partial charge < -0.3 is 19.3 Å². The summed E-state index contributed by atoms with van der Waals surface area (Å²) in [7, 11) is 0. The maximum atomic E-state index is 12.6. The van der Waals surface area contributed by atoms with E-state index in [9.17, 15) is 19.5 Å². The van der Waals surface area contributed by atoms with Crippen molar-refractivity contribution >= 4 is 53.2 Å². The van der Waals surface area contributed by atoms with Crippen LogP contribution in [0.4, 0.5) is 0 Å². The van der Waals surface area contributed by atoms with Gasteiger partial charge in [0.1, 0.15) is 19.8 Å². The fourth-order valence-corrected chi connectivity index (χ4v) is 7.68. The highest BCUT2D eigenvalue weighted by Crippen LogP contribution is 2.22. The first-order valence-corrected chi connectivity index (χ1v) is 22.7. The van der Waals surface area contributed by atoms with Crippen LogP contribution >= 0.6 is 35.3 Å². The van der Waals surface area contributed by atoms with E-state index >= 15 is 0 Å². The van der Waals surface area contributed by atoms with Crippen LogP contribution in [-0.4, -0.2) is 84.0 Å². The highest BCUT2D eigenvalue weighted by Gasteiger charge is 2.35. The molecule has 1 N–H and O–H groups in total. The van der Waals surface area contributed by atoms with E-state index in [0.29, 0.717) is 17.3 Å². The molecule has 48 heavy (non-hydrogen) atoms. The zero-order valence-corrected chi connectivity index (χ0v) is 33.5. The first-order chi connectivity index (χ1) is 23.4. The van der Waals surface area contributed by atoms with Crippen LogP contribution in [0.2, 0.25) is 0 Å². The Morgan fingerprint density at radius 1 is 0.438 bits per heavy atom. The van der Waals surface area contributed by atoms with Gasteiger partial charge in [0.25, 0.3) is 0 Å². The topological polar surface area (TPSA) is 99.1 Å². The Morgan fingerprint density at radius 3 is 0.979 bits per heavy atom. The highest BCUT2D eigenvalue weighted by molar-refractivity contribution is 7.99. The number of carbonyl (C=O) groups excluding carboxylic acids is 3. The molecular formula is C38H72O7S3. The molecule has 0 heterocycles.